The van der Waals surface area contributed by atoms with Gasteiger partial charge in [-0.05, 0) is 60.7 Å². The average molecular weight is 410 g/mol. The first-order chi connectivity index (χ1) is 12.2. The second kappa shape index (κ2) is 6.78. The molecule has 3 nitrogen and oxygen atoms in total. The van der Waals surface area contributed by atoms with Gasteiger partial charge in [-0.2, -0.15) is 0 Å². The fraction of sp³-hybridized carbons (Fsp3) is 0. The van der Waals surface area contributed by atoms with Gasteiger partial charge in [-0.15, -0.1) is 11.3 Å². The molecule has 0 saturated heterocycles. The van der Waals surface area contributed by atoms with Crippen LogP contribution in [0.1, 0.15) is 16.1 Å². The molecule has 2 aromatic heterocycles. The van der Waals surface area contributed by atoms with E-state index in [-0.39, 0.29) is 5.78 Å². The minimum Gasteiger partial charge on any atom is -0.454 e. The average Bonchev–Trinajstić information content (AvgIpc) is 3.26. The molecule has 0 amide bonds. The second-order valence-corrected chi connectivity index (χ2v) is 7.34. The maximum Gasteiger partial charge on any atom is 0.185 e. The first-order valence-electron chi connectivity index (χ1n) is 7.63. The van der Waals surface area contributed by atoms with E-state index in [1.807, 2.05) is 48.5 Å². The Labute approximate surface area is 156 Å². The van der Waals surface area contributed by atoms with Gasteiger partial charge < -0.3 is 4.42 Å². The molecule has 0 N–H and O–H groups in total. The number of halogens is 1. The molecular weight excluding hydrogens is 398 g/mol. The number of furan rings is 1. The highest BCUT2D eigenvalue weighted by Crippen LogP contribution is 2.31. The SMILES string of the molecule is O=C(/C=C/c1ccc(-c2nc3ccccc3s2)o1)c1ccc(Br)cc1. The molecule has 0 spiro atoms. The second-order valence-electron chi connectivity index (χ2n) is 5.39. The van der Waals surface area contributed by atoms with E-state index in [1.54, 1.807) is 29.5 Å². The van der Waals surface area contributed by atoms with E-state index < -0.39 is 0 Å². The van der Waals surface area contributed by atoms with Crippen molar-refractivity contribution in [1.82, 2.24) is 4.98 Å². The standard InChI is InChI=1S/C20H12BrNO2S/c21-14-7-5-13(6-8-14)17(23)11-9-15-10-12-18(24-15)20-22-16-3-1-2-4-19(16)25-20/h1-12H/b11-9+. The van der Waals surface area contributed by atoms with Crippen molar-refractivity contribution in [3.63, 3.8) is 0 Å². The quantitative estimate of drug-likeness (QED) is 0.297. The monoisotopic (exact) mass is 409 g/mol. The molecule has 0 fully saturated rings. The predicted octanol–water partition coefficient (Wildman–Crippen LogP) is 6.21. The van der Waals surface area contributed by atoms with Crippen molar-refractivity contribution < 1.29 is 9.21 Å². The summed E-state index contributed by atoms with van der Waals surface area (Å²) in [5.41, 5.74) is 1.60. The molecule has 0 aliphatic carbocycles. The molecule has 0 saturated carbocycles. The number of aromatic nitrogens is 1. The zero-order valence-corrected chi connectivity index (χ0v) is 15.4. The summed E-state index contributed by atoms with van der Waals surface area (Å²) in [6.45, 7) is 0. The molecule has 0 atom stereocenters. The van der Waals surface area contributed by atoms with Gasteiger partial charge in [0.05, 0.1) is 10.2 Å². The number of rotatable bonds is 4. The summed E-state index contributed by atoms with van der Waals surface area (Å²) < 4.78 is 7.87. The van der Waals surface area contributed by atoms with Crippen LogP contribution in [0.15, 0.2) is 75.6 Å². The number of thiazole rings is 1. The van der Waals surface area contributed by atoms with E-state index in [2.05, 4.69) is 20.9 Å². The summed E-state index contributed by atoms with van der Waals surface area (Å²) >= 11 is 4.94. The van der Waals surface area contributed by atoms with Crippen LogP contribution in [0.25, 0.3) is 27.1 Å². The lowest BCUT2D eigenvalue weighted by atomic mass is 10.1. The van der Waals surface area contributed by atoms with Gasteiger partial charge in [0.2, 0.25) is 0 Å². The maximum absolute atomic E-state index is 12.2. The smallest absolute Gasteiger partial charge is 0.185 e. The topological polar surface area (TPSA) is 43.1 Å². The maximum atomic E-state index is 12.2. The summed E-state index contributed by atoms with van der Waals surface area (Å²) in [5.74, 6) is 1.27. The van der Waals surface area contributed by atoms with Crippen LogP contribution in [-0.4, -0.2) is 10.8 Å². The van der Waals surface area contributed by atoms with E-state index >= 15 is 0 Å². The lowest BCUT2D eigenvalue weighted by molar-refractivity contribution is 0.104. The fourth-order valence-electron chi connectivity index (χ4n) is 2.40. The first-order valence-corrected chi connectivity index (χ1v) is 9.24. The third kappa shape index (κ3) is 3.48. The van der Waals surface area contributed by atoms with E-state index in [9.17, 15) is 4.79 Å². The Bertz CT molecular complexity index is 1040. The van der Waals surface area contributed by atoms with Crippen LogP contribution in [0.3, 0.4) is 0 Å². The van der Waals surface area contributed by atoms with Crippen LogP contribution < -0.4 is 0 Å². The minimum atomic E-state index is -0.0644. The van der Waals surface area contributed by atoms with Crippen LogP contribution in [0.5, 0.6) is 0 Å². The molecular formula is C20H12BrNO2S. The lowest BCUT2D eigenvalue weighted by Crippen LogP contribution is -1.92. The van der Waals surface area contributed by atoms with Crippen molar-refractivity contribution in [1.29, 1.82) is 0 Å². The Hall–Kier alpha value is -2.50. The Morgan fingerprint density at radius 2 is 1.84 bits per heavy atom. The van der Waals surface area contributed by atoms with Crippen molar-refractivity contribution in [3.8, 4) is 10.8 Å². The number of ketones is 1. The molecule has 4 rings (SSSR count). The highest BCUT2D eigenvalue weighted by Gasteiger charge is 2.09. The number of allylic oxidation sites excluding steroid dienone is 1. The molecule has 122 valence electrons. The molecule has 0 bridgehead atoms. The predicted molar refractivity (Wildman–Crippen MR) is 105 cm³/mol. The number of hydrogen-bond donors (Lipinski definition) is 0. The van der Waals surface area contributed by atoms with Gasteiger partial charge in [0.1, 0.15) is 5.76 Å². The number of hydrogen-bond acceptors (Lipinski definition) is 4. The summed E-state index contributed by atoms with van der Waals surface area (Å²) in [5, 5.41) is 0.833. The Balaban J connectivity index is 1.54. The van der Waals surface area contributed by atoms with Crippen molar-refractivity contribution in [2.45, 2.75) is 0 Å². The Morgan fingerprint density at radius 3 is 2.64 bits per heavy atom. The molecule has 25 heavy (non-hydrogen) atoms. The molecule has 2 aromatic carbocycles. The number of para-hydroxylation sites is 1. The van der Waals surface area contributed by atoms with Crippen LogP contribution in [0.4, 0.5) is 0 Å². The lowest BCUT2D eigenvalue weighted by Gasteiger charge is -1.95. The van der Waals surface area contributed by atoms with Gasteiger partial charge in [-0.25, -0.2) is 4.98 Å². The molecule has 5 heteroatoms. The van der Waals surface area contributed by atoms with Gasteiger partial charge in [0.15, 0.2) is 16.6 Å². The summed E-state index contributed by atoms with van der Waals surface area (Å²) in [6.07, 6.45) is 3.20. The number of carbonyl (C=O) groups excluding carboxylic acids is 1. The van der Waals surface area contributed by atoms with Crippen molar-refractivity contribution in [3.05, 3.63) is 82.5 Å². The largest absolute Gasteiger partial charge is 0.454 e. The zero-order chi connectivity index (χ0) is 17.2. The van der Waals surface area contributed by atoms with Gasteiger partial charge in [-0.3, -0.25) is 4.79 Å². The molecule has 0 aliphatic heterocycles. The van der Waals surface area contributed by atoms with Crippen molar-refractivity contribution >= 4 is 49.3 Å². The van der Waals surface area contributed by atoms with Gasteiger partial charge in [0.25, 0.3) is 0 Å². The number of fused-ring (bicyclic) bond motifs is 1. The molecule has 0 aliphatic rings. The van der Waals surface area contributed by atoms with Crippen molar-refractivity contribution in [2.75, 3.05) is 0 Å². The minimum absolute atomic E-state index is 0.0644. The van der Waals surface area contributed by atoms with Gasteiger partial charge in [0, 0.05) is 10.0 Å². The first kappa shape index (κ1) is 16.0. The molecule has 0 radical (unpaired) electrons. The highest BCUT2D eigenvalue weighted by atomic mass is 79.9. The zero-order valence-electron chi connectivity index (χ0n) is 13.0. The van der Waals surface area contributed by atoms with Crippen LogP contribution in [0.2, 0.25) is 0 Å². The highest BCUT2D eigenvalue weighted by molar-refractivity contribution is 9.10. The summed E-state index contributed by atoms with van der Waals surface area (Å²) in [4.78, 5) is 16.7. The van der Waals surface area contributed by atoms with Crippen LogP contribution >= 0.6 is 27.3 Å². The number of nitrogens with zero attached hydrogens (tertiary/aromatic N) is 1. The number of benzene rings is 2. The van der Waals surface area contributed by atoms with E-state index in [0.29, 0.717) is 17.1 Å². The normalized spacial score (nSPS) is 11.4. The van der Waals surface area contributed by atoms with Gasteiger partial charge >= 0.3 is 0 Å². The molecule has 4 aromatic rings. The van der Waals surface area contributed by atoms with Crippen molar-refractivity contribution in [2.24, 2.45) is 0 Å². The van der Waals surface area contributed by atoms with Gasteiger partial charge in [-0.1, -0.05) is 28.1 Å². The third-order valence-corrected chi connectivity index (χ3v) is 5.24. The molecule has 0 unspecified atom stereocenters. The van der Waals surface area contributed by atoms with Crippen LogP contribution in [0, 0.1) is 0 Å². The van der Waals surface area contributed by atoms with E-state index in [0.717, 1.165) is 19.7 Å². The van der Waals surface area contributed by atoms with E-state index in [4.69, 9.17) is 4.42 Å². The fourth-order valence-corrected chi connectivity index (χ4v) is 3.59. The van der Waals surface area contributed by atoms with E-state index in [1.165, 1.54) is 6.08 Å². The number of carbonyl (C=O) groups is 1. The van der Waals surface area contributed by atoms with Crippen LogP contribution in [-0.2, 0) is 0 Å². The molecule has 2 heterocycles. The summed E-state index contributed by atoms with van der Waals surface area (Å²) in [7, 11) is 0. The Kier molecular flexibility index (Phi) is 4.34. The Morgan fingerprint density at radius 1 is 1.04 bits per heavy atom. The third-order valence-electron chi connectivity index (χ3n) is 3.66. The summed E-state index contributed by atoms with van der Waals surface area (Å²) in [6, 6.07) is 19.0.